The Morgan fingerprint density at radius 1 is 1.47 bits per heavy atom. The van der Waals surface area contributed by atoms with Crippen LogP contribution in [0.15, 0.2) is 22.7 Å². The molecule has 0 spiro atoms. The fourth-order valence-corrected chi connectivity index (χ4v) is 2.65. The van der Waals surface area contributed by atoms with Crippen LogP contribution in [-0.4, -0.2) is 20.7 Å². The standard InChI is InChI=1S/C13H21BrN2O/c1-4-9(8-15)13(16-2)10-5-6-12(17-3)11(14)7-10/h5-7,9,13,16H,4,8,15H2,1-3H3. The molecule has 1 aromatic carbocycles. The van der Waals surface area contributed by atoms with Gasteiger partial charge in [0.15, 0.2) is 0 Å². The van der Waals surface area contributed by atoms with Crippen molar-refractivity contribution in [2.24, 2.45) is 11.7 Å². The quantitative estimate of drug-likeness (QED) is 0.849. The number of halogens is 1. The first-order valence-corrected chi connectivity index (χ1v) is 6.67. The lowest BCUT2D eigenvalue weighted by atomic mass is 9.91. The lowest BCUT2D eigenvalue weighted by molar-refractivity contribution is 0.376. The summed E-state index contributed by atoms with van der Waals surface area (Å²) in [6.45, 7) is 2.85. The SMILES string of the molecule is CCC(CN)C(NC)c1ccc(OC)c(Br)c1. The van der Waals surface area contributed by atoms with Gasteiger partial charge in [0.1, 0.15) is 5.75 Å². The summed E-state index contributed by atoms with van der Waals surface area (Å²) in [4.78, 5) is 0. The van der Waals surface area contributed by atoms with Crippen molar-refractivity contribution in [2.45, 2.75) is 19.4 Å². The topological polar surface area (TPSA) is 47.3 Å². The molecular formula is C13H21BrN2O. The average Bonchev–Trinajstić information content (AvgIpc) is 2.35. The molecule has 96 valence electrons. The molecule has 0 bridgehead atoms. The zero-order valence-electron chi connectivity index (χ0n) is 10.7. The Hall–Kier alpha value is -0.580. The summed E-state index contributed by atoms with van der Waals surface area (Å²) in [6.07, 6.45) is 1.06. The average molecular weight is 301 g/mol. The van der Waals surface area contributed by atoms with Crippen LogP contribution in [0.25, 0.3) is 0 Å². The van der Waals surface area contributed by atoms with Crippen molar-refractivity contribution in [1.82, 2.24) is 5.32 Å². The second-order valence-electron chi connectivity index (χ2n) is 4.06. The highest BCUT2D eigenvalue weighted by molar-refractivity contribution is 9.10. The van der Waals surface area contributed by atoms with E-state index in [2.05, 4.69) is 40.3 Å². The summed E-state index contributed by atoms with van der Waals surface area (Å²) in [5.41, 5.74) is 7.05. The van der Waals surface area contributed by atoms with Crippen molar-refractivity contribution in [3.05, 3.63) is 28.2 Å². The number of nitrogens with two attached hydrogens (primary N) is 1. The Bertz CT molecular complexity index is 353. The molecule has 0 saturated heterocycles. The summed E-state index contributed by atoms with van der Waals surface area (Å²) in [6, 6.07) is 6.45. The third-order valence-electron chi connectivity index (χ3n) is 3.14. The van der Waals surface area contributed by atoms with Crippen LogP contribution in [0.4, 0.5) is 0 Å². The Kier molecular flexibility index (Phi) is 5.95. The van der Waals surface area contributed by atoms with Crippen LogP contribution in [0.5, 0.6) is 5.75 Å². The molecule has 4 heteroatoms. The number of hydrogen-bond acceptors (Lipinski definition) is 3. The van der Waals surface area contributed by atoms with Gasteiger partial charge in [0.05, 0.1) is 11.6 Å². The van der Waals surface area contributed by atoms with Crippen molar-refractivity contribution in [3.63, 3.8) is 0 Å². The van der Waals surface area contributed by atoms with Crippen LogP contribution >= 0.6 is 15.9 Å². The van der Waals surface area contributed by atoms with E-state index in [1.807, 2.05) is 13.1 Å². The molecule has 0 aliphatic heterocycles. The molecule has 0 saturated carbocycles. The third-order valence-corrected chi connectivity index (χ3v) is 3.76. The van der Waals surface area contributed by atoms with Gasteiger partial charge >= 0.3 is 0 Å². The number of benzene rings is 1. The predicted octanol–water partition coefficient (Wildman–Crippen LogP) is 2.70. The van der Waals surface area contributed by atoms with Crippen molar-refractivity contribution in [3.8, 4) is 5.75 Å². The number of ether oxygens (including phenoxy) is 1. The maximum atomic E-state index is 5.81. The van der Waals surface area contributed by atoms with Gasteiger partial charge in [-0.25, -0.2) is 0 Å². The van der Waals surface area contributed by atoms with Gasteiger partial charge in [0.25, 0.3) is 0 Å². The lowest BCUT2D eigenvalue weighted by Gasteiger charge is -2.25. The molecule has 0 amide bonds. The van der Waals surface area contributed by atoms with E-state index in [4.69, 9.17) is 10.5 Å². The van der Waals surface area contributed by atoms with Crippen LogP contribution in [0.1, 0.15) is 24.9 Å². The van der Waals surface area contributed by atoms with E-state index in [9.17, 15) is 0 Å². The van der Waals surface area contributed by atoms with Crippen LogP contribution in [0.3, 0.4) is 0 Å². The van der Waals surface area contributed by atoms with Gasteiger partial charge in [-0.3, -0.25) is 0 Å². The highest BCUT2D eigenvalue weighted by Crippen LogP contribution is 2.31. The van der Waals surface area contributed by atoms with Crippen molar-refractivity contribution < 1.29 is 4.74 Å². The smallest absolute Gasteiger partial charge is 0.133 e. The molecule has 0 fully saturated rings. The molecule has 3 nitrogen and oxygen atoms in total. The van der Waals surface area contributed by atoms with Crippen molar-refractivity contribution in [1.29, 1.82) is 0 Å². The molecule has 2 unspecified atom stereocenters. The van der Waals surface area contributed by atoms with E-state index in [0.29, 0.717) is 12.5 Å². The number of methoxy groups -OCH3 is 1. The van der Waals surface area contributed by atoms with Gasteiger partial charge in [0.2, 0.25) is 0 Å². The Labute approximate surface area is 112 Å². The molecule has 1 aromatic rings. The van der Waals surface area contributed by atoms with Crippen LogP contribution in [0, 0.1) is 5.92 Å². The van der Waals surface area contributed by atoms with Crippen molar-refractivity contribution >= 4 is 15.9 Å². The van der Waals surface area contributed by atoms with Gasteiger partial charge in [-0.05, 0) is 53.1 Å². The molecule has 17 heavy (non-hydrogen) atoms. The normalized spacial score (nSPS) is 14.4. The van der Waals surface area contributed by atoms with Gasteiger partial charge in [-0.2, -0.15) is 0 Å². The minimum absolute atomic E-state index is 0.284. The van der Waals surface area contributed by atoms with Crippen molar-refractivity contribution in [2.75, 3.05) is 20.7 Å². The molecule has 0 aromatic heterocycles. The summed E-state index contributed by atoms with van der Waals surface area (Å²) in [5.74, 6) is 1.30. The summed E-state index contributed by atoms with van der Waals surface area (Å²) in [5, 5.41) is 3.34. The maximum absolute atomic E-state index is 5.81. The highest BCUT2D eigenvalue weighted by atomic mass is 79.9. The fraction of sp³-hybridized carbons (Fsp3) is 0.538. The highest BCUT2D eigenvalue weighted by Gasteiger charge is 2.19. The number of rotatable bonds is 6. The van der Waals surface area contributed by atoms with E-state index in [1.165, 1.54) is 5.56 Å². The van der Waals surface area contributed by atoms with Gasteiger partial charge in [-0.15, -0.1) is 0 Å². The van der Waals surface area contributed by atoms with Gasteiger partial charge < -0.3 is 15.8 Å². The second-order valence-corrected chi connectivity index (χ2v) is 4.92. The zero-order valence-corrected chi connectivity index (χ0v) is 12.3. The second kappa shape index (κ2) is 6.99. The lowest BCUT2D eigenvalue weighted by Crippen LogP contribution is -2.30. The Morgan fingerprint density at radius 3 is 2.59 bits per heavy atom. The maximum Gasteiger partial charge on any atom is 0.133 e. The largest absolute Gasteiger partial charge is 0.496 e. The van der Waals surface area contributed by atoms with E-state index in [-0.39, 0.29) is 6.04 Å². The molecular weight excluding hydrogens is 280 g/mol. The zero-order chi connectivity index (χ0) is 12.8. The van der Waals surface area contributed by atoms with E-state index in [0.717, 1.165) is 16.6 Å². The molecule has 0 radical (unpaired) electrons. The Morgan fingerprint density at radius 2 is 2.18 bits per heavy atom. The minimum Gasteiger partial charge on any atom is -0.496 e. The molecule has 0 aliphatic carbocycles. The van der Waals surface area contributed by atoms with Crippen LogP contribution < -0.4 is 15.8 Å². The predicted molar refractivity (Wildman–Crippen MR) is 75.3 cm³/mol. The minimum atomic E-state index is 0.284. The first-order chi connectivity index (χ1) is 8.17. The van der Waals surface area contributed by atoms with Crippen LogP contribution in [0.2, 0.25) is 0 Å². The first kappa shape index (κ1) is 14.5. The molecule has 1 rings (SSSR count). The fourth-order valence-electron chi connectivity index (χ4n) is 2.09. The summed E-state index contributed by atoms with van der Waals surface area (Å²) in [7, 11) is 3.64. The Balaban J connectivity index is 3.00. The summed E-state index contributed by atoms with van der Waals surface area (Å²) < 4.78 is 6.21. The third kappa shape index (κ3) is 3.44. The summed E-state index contributed by atoms with van der Waals surface area (Å²) >= 11 is 3.51. The van der Waals surface area contributed by atoms with Crippen LogP contribution in [-0.2, 0) is 0 Å². The molecule has 3 N–H and O–H groups in total. The first-order valence-electron chi connectivity index (χ1n) is 5.88. The van der Waals surface area contributed by atoms with Gasteiger partial charge in [0, 0.05) is 6.04 Å². The number of nitrogens with one attached hydrogen (secondary N) is 1. The van der Waals surface area contributed by atoms with E-state index in [1.54, 1.807) is 7.11 Å². The van der Waals surface area contributed by atoms with Gasteiger partial charge in [-0.1, -0.05) is 19.4 Å². The monoisotopic (exact) mass is 300 g/mol. The molecule has 2 atom stereocenters. The van der Waals surface area contributed by atoms with E-state index < -0.39 is 0 Å². The number of hydrogen-bond donors (Lipinski definition) is 2. The van der Waals surface area contributed by atoms with E-state index >= 15 is 0 Å². The molecule has 0 aliphatic rings. The molecule has 0 heterocycles.